The molecule has 1 aromatic carbocycles. The van der Waals surface area contributed by atoms with Crippen LogP contribution in [-0.2, 0) is 0 Å². The highest BCUT2D eigenvalue weighted by molar-refractivity contribution is 5.25. The smallest absolute Gasteiger partial charge is 0.167 e. The second-order valence-electron chi connectivity index (χ2n) is 2.22. The average Bonchev–Trinajstić information content (AvgIpc) is 1.93. The maximum atomic E-state index is 12.6. The zero-order valence-electron chi connectivity index (χ0n) is 5.83. The first-order valence-corrected chi connectivity index (χ1v) is 2.96. The van der Waals surface area contributed by atoms with E-state index in [-0.39, 0.29) is 0 Å². The van der Waals surface area contributed by atoms with Gasteiger partial charge in [0.25, 0.3) is 0 Å². The van der Waals surface area contributed by atoms with Crippen molar-refractivity contribution in [1.82, 2.24) is 0 Å². The van der Waals surface area contributed by atoms with Gasteiger partial charge in [0.1, 0.15) is 0 Å². The van der Waals surface area contributed by atoms with Gasteiger partial charge >= 0.3 is 0 Å². The molecule has 0 aliphatic carbocycles. The Bertz CT molecular complexity index is 227. The molecule has 0 amide bonds. The Hall–Kier alpha value is -0.920. The SMILES string of the molecule is Cc1c[c]c(F)c(F)c1C. The molecular weight excluding hydrogens is 134 g/mol. The standard InChI is InChI=1S/C8H7F2/c1-5-3-4-7(9)8(10)6(5)2/h3H,1-2H3. The van der Waals surface area contributed by atoms with E-state index in [9.17, 15) is 8.78 Å². The lowest BCUT2D eigenvalue weighted by Crippen LogP contribution is -1.91. The minimum atomic E-state index is -0.900. The third-order valence-electron chi connectivity index (χ3n) is 1.53. The van der Waals surface area contributed by atoms with Gasteiger partial charge in [-0.2, -0.15) is 0 Å². The van der Waals surface area contributed by atoms with Gasteiger partial charge in [-0.05, 0) is 31.0 Å². The summed E-state index contributed by atoms with van der Waals surface area (Å²) in [6.45, 7) is 3.26. The van der Waals surface area contributed by atoms with Gasteiger partial charge in [-0.3, -0.25) is 0 Å². The van der Waals surface area contributed by atoms with Crippen LogP contribution in [0.1, 0.15) is 11.1 Å². The molecule has 1 radical (unpaired) electrons. The minimum Gasteiger partial charge on any atom is -0.203 e. The van der Waals surface area contributed by atoms with E-state index >= 15 is 0 Å². The fourth-order valence-electron chi connectivity index (χ4n) is 0.681. The monoisotopic (exact) mass is 141 g/mol. The van der Waals surface area contributed by atoms with Crippen LogP contribution in [0.5, 0.6) is 0 Å². The van der Waals surface area contributed by atoms with Crippen LogP contribution in [0.4, 0.5) is 8.78 Å². The minimum absolute atomic E-state index is 0.358. The number of hydrogen-bond acceptors (Lipinski definition) is 0. The van der Waals surface area contributed by atoms with Crippen LogP contribution >= 0.6 is 0 Å². The Morgan fingerprint density at radius 3 is 2.40 bits per heavy atom. The molecule has 0 atom stereocenters. The molecule has 0 saturated heterocycles. The third kappa shape index (κ3) is 1.01. The van der Waals surface area contributed by atoms with E-state index < -0.39 is 11.6 Å². The predicted molar refractivity (Wildman–Crippen MR) is 34.7 cm³/mol. The second-order valence-corrected chi connectivity index (χ2v) is 2.22. The molecule has 53 valence electrons. The van der Waals surface area contributed by atoms with Gasteiger partial charge in [0.05, 0.1) is 0 Å². The highest BCUT2D eigenvalue weighted by atomic mass is 19.2. The molecule has 0 fully saturated rings. The van der Waals surface area contributed by atoms with E-state index in [4.69, 9.17) is 0 Å². The van der Waals surface area contributed by atoms with E-state index in [1.54, 1.807) is 13.8 Å². The summed E-state index contributed by atoms with van der Waals surface area (Å²) in [6.07, 6.45) is 0. The summed E-state index contributed by atoms with van der Waals surface area (Å²) in [6, 6.07) is 3.61. The van der Waals surface area contributed by atoms with Crippen molar-refractivity contribution in [3.8, 4) is 0 Å². The van der Waals surface area contributed by atoms with Crippen molar-refractivity contribution < 1.29 is 8.78 Å². The molecule has 1 rings (SSSR count). The van der Waals surface area contributed by atoms with Crippen LogP contribution in [0.2, 0.25) is 0 Å². The lowest BCUT2D eigenvalue weighted by Gasteiger charge is -1.99. The topological polar surface area (TPSA) is 0 Å². The molecule has 0 spiro atoms. The Morgan fingerprint density at radius 2 is 1.90 bits per heavy atom. The molecular formula is C8H7F2. The average molecular weight is 141 g/mol. The summed E-state index contributed by atoms with van der Waals surface area (Å²) in [5.74, 6) is -1.69. The van der Waals surface area contributed by atoms with Crippen LogP contribution in [0.3, 0.4) is 0 Å². The van der Waals surface area contributed by atoms with Gasteiger partial charge in [-0.25, -0.2) is 8.78 Å². The highest BCUT2D eigenvalue weighted by Crippen LogP contribution is 2.13. The Labute approximate surface area is 58.5 Å². The van der Waals surface area contributed by atoms with Crippen LogP contribution < -0.4 is 0 Å². The fraction of sp³-hybridized carbons (Fsp3) is 0.250. The van der Waals surface area contributed by atoms with Crippen molar-refractivity contribution >= 4 is 0 Å². The molecule has 0 aliphatic heterocycles. The van der Waals surface area contributed by atoms with Crippen molar-refractivity contribution in [3.05, 3.63) is 34.9 Å². The number of rotatable bonds is 0. The molecule has 0 aliphatic rings. The molecule has 0 unspecified atom stereocenters. The summed E-state index contributed by atoms with van der Waals surface area (Å²) in [5.41, 5.74) is 1.08. The molecule has 0 saturated carbocycles. The van der Waals surface area contributed by atoms with Gasteiger partial charge in [-0.15, -0.1) is 0 Å². The first-order chi connectivity index (χ1) is 4.63. The summed E-state index contributed by atoms with van der Waals surface area (Å²) in [7, 11) is 0. The summed E-state index contributed by atoms with van der Waals surface area (Å²) < 4.78 is 24.9. The number of halogens is 2. The van der Waals surface area contributed by atoms with E-state index in [0.29, 0.717) is 5.56 Å². The zero-order chi connectivity index (χ0) is 7.72. The quantitative estimate of drug-likeness (QED) is 0.520. The first kappa shape index (κ1) is 7.19. The summed E-state index contributed by atoms with van der Waals surface area (Å²) in [5, 5.41) is 0. The van der Waals surface area contributed by atoms with Gasteiger partial charge in [0.15, 0.2) is 11.6 Å². The normalized spacial score (nSPS) is 10.0. The van der Waals surface area contributed by atoms with Crippen molar-refractivity contribution in [2.75, 3.05) is 0 Å². The maximum Gasteiger partial charge on any atom is 0.167 e. The lowest BCUT2D eigenvalue weighted by atomic mass is 10.1. The highest BCUT2D eigenvalue weighted by Gasteiger charge is 2.05. The first-order valence-electron chi connectivity index (χ1n) is 2.96. The van der Waals surface area contributed by atoms with Crippen molar-refractivity contribution in [2.45, 2.75) is 13.8 Å². The Morgan fingerprint density at radius 1 is 1.30 bits per heavy atom. The van der Waals surface area contributed by atoms with Crippen LogP contribution in [0.15, 0.2) is 6.07 Å². The van der Waals surface area contributed by atoms with Crippen molar-refractivity contribution in [2.24, 2.45) is 0 Å². The van der Waals surface area contributed by atoms with Crippen molar-refractivity contribution in [3.63, 3.8) is 0 Å². The maximum absolute atomic E-state index is 12.6. The van der Waals surface area contributed by atoms with Crippen LogP contribution in [0, 0.1) is 31.5 Å². The van der Waals surface area contributed by atoms with Crippen LogP contribution in [-0.4, -0.2) is 0 Å². The van der Waals surface area contributed by atoms with Gasteiger partial charge in [0, 0.05) is 6.07 Å². The third-order valence-corrected chi connectivity index (χ3v) is 1.53. The number of aryl methyl sites for hydroxylation is 1. The lowest BCUT2D eigenvalue weighted by molar-refractivity contribution is 0.500. The molecule has 0 nitrogen and oxygen atoms in total. The molecule has 1 aromatic rings. The predicted octanol–water partition coefficient (Wildman–Crippen LogP) is 2.38. The van der Waals surface area contributed by atoms with E-state index in [1.807, 2.05) is 0 Å². The van der Waals surface area contributed by atoms with Gasteiger partial charge < -0.3 is 0 Å². The number of hydrogen-bond donors (Lipinski definition) is 0. The van der Waals surface area contributed by atoms with E-state index in [1.165, 1.54) is 6.07 Å². The molecule has 2 heteroatoms. The second kappa shape index (κ2) is 2.37. The molecule has 10 heavy (non-hydrogen) atoms. The fourth-order valence-corrected chi connectivity index (χ4v) is 0.681. The molecule has 0 heterocycles. The van der Waals surface area contributed by atoms with E-state index in [2.05, 4.69) is 6.07 Å². The molecule has 0 N–H and O–H groups in total. The largest absolute Gasteiger partial charge is 0.203 e. The Balaban J connectivity index is 3.34. The molecule has 0 bridgehead atoms. The zero-order valence-corrected chi connectivity index (χ0v) is 5.83. The van der Waals surface area contributed by atoms with Crippen LogP contribution in [0.25, 0.3) is 0 Å². The van der Waals surface area contributed by atoms with Crippen molar-refractivity contribution in [1.29, 1.82) is 0 Å². The summed E-state index contributed by atoms with van der Waals surface area (Å²) in [4.78, 5) is 0. The van der Waals surface area contributed by atoms with Gasteiger partial charge in [0.2, 0.25) is 0 Å². The molecule has 0 aromatic heterocycles. The summed E-state index contributed by atoms with van der Waals surface area (Å²) >= 11 is 0. The van der Waals surface area contributed by atoms with E-state index in [0.717, 1.165) is 5.56 Å². The number of benzene rings is 1. The Kier molecular flexibility index (Phi) is 1.70. The van der Waals surface area contributed by atoms with Gasteiger partial charge in [-0.1, -0.05) is 0 Å².